The number of anilines is 2. The summed E-state index contributed by atoms with van der Waals surface area (Å²) < 4.78 is 36.9. The maximum atomic E-state index is 13.0. The second-order valence-electron chi connectivity index (χ2n) is 11.4. The van der Waals surface area contributed by atoms with E-state index < -0.39 is 26.2 Å². The molecule has 1 heterocycles. The molecule has 0 aliphatic carbocycles. The van der Waals surface area contributed by atoms with Crippen molar-refractivity contribution in [2.75, 3.05) is 37.0 Å². The van der Waals surface area contributed by atoms with Gasteiger partial charge in [-0.05, 0) is 0 Å². The number of hydrogen-bond donors (Lipinski definition) is 0. The number of rotatable bonds is 7. The van der Waals surface area contributed by atoms with Crippen LogP contribution in [0.15, 0.2) is 47.4 Å². The van der Waals surface area contributed by atoms with Crippen molar-refractivity contribution < 1.29 is 29.4 Å². The van der Waals surface area contributed by atoms with E-state index in [2.05, 4.69) is 80.2 Å². The zero-order valence-corrected chi connectivity index (χ0v) is 28.5. The van der Waals surface area contributed by atoms with Gasteiger partial charge >= 0.3 is 255 Å². The van der Waals surface area contributed by atoms with Gasteiger partial charge in [0, 0.05) is 0 Å². The van der Waals surface area contributed by atoms with Crippen LogP contribution in [0.4, 0.5) is 11.4 Å². The number of hydrogen-bond acceptors (Lipinski definition) is 5. The zero-order valence-electron chi connectivity index (χ0n) is 25.9. The summed E-state index contributed by atoms with van der Waals surface area (Å²) in [7, 11) is -0.458. The van der Waals surface area contributed by atoms with Crippen molar-refractivity contribution >= 4 is 30.4 Å². The molecule has 0 spiro atoms. The van der Waals surface area contributed by atoms with Crippen LogP contribution in [-0.2, 0) is 26.2 Å². The molecule has 0 unspecified atom stereocenters. The first-order valence-electron chi connectivity index (χ1n) is 14.0. The molecule has 222 valence electrons. The quantitative estimate of drug-likeness (QED) is 0.294. The minimum atomic E-state index is -3.58. The summed E-state index contributed by atoms with van der Waals surface area (Å²) in [5.74, 6) is 0.703. The molecule has 0 saturated carbocycles. The van der Waals surface area contributed by atoms with Gasteiger partial charge in [0.15, 0.2) is 0 Å². The standard InChI is InChI=1S/C21H26N2.C12H17NO3S.Ru/c1-14-9-16(3)20(17(4)10-14)22-7-8-23(13-22)21-18(5)11-15(2)12-19(21)6;1-9(2)16-12-7-6-11(8-10(12)3)17(14,15)13(4)5;/h9-12H,7-8H2,1-6H3;3,6-9H,1-2,4-5H3;. The number of nitrogens with zero attached hydrogens (tertiary/aromatic N) is 3. The maximum absolute atomic E-state index is 13.0. The minimum absolute atomic E-state index is 0.0305. The van der Waals surface area contributed by atoms with Crippen molar-refractivity contribution in [1.82, 2.24) is 4.31 Å². The van der Waals surface area contributed by atoms with E-state index in [-0.39, 0.29) is 11.0 Å². The zero-order chi connectivity index (χ0) is 30.2. The van der Waals surface area contributed by atoms with Crippen molar-refractivity contribution in [2.24, 2.45) is 0 Å². The monoisotopic (exact) mass is 663 g/mol. The fourth-order valence-corrected chi connectivity index (χ4v) is 8.82. The summed E-state index contributed by atoms with van der Waals surface area (Å²) >= 11 is -0.469. The Morgan fingerprint density at radius 1 is 0.805 bits per heavy atom. The Morgan fingerprint density at radius 3 is 1.68 bits per heavy atom. The fourth-order valence-electron chi connectivity index (χ4n) is 5.67. The first kappa shape index (κ1) is 31.3. The van der Waals surface area contributed by atoms with E-state index in [0.29, 0.717) is 5.75 Å². The van der Waals surface area contributed by atoms with E-state index in [4.69, 9.17) is 4.74 Å². The van der Waals surface area contributed by atoms with Crippen molar-refractivity contribution in [3.8, 4) is 5.75 Å². The topological polar surface area (TPSA) is 53.1 Å². The van der Waals surface area contributed by atoms with Gasteiger partial charge < -0.3 is 0 Å². The molecule has 0 aromatic heterocycles. The predicted octanol–water partition coefficient (Wildman–Crippen LogP) is 5.92. The molecule has 0 amide bonds. The van der Waals surface area contributed by atoms with Crippen LogP contribution >= 0.6 is 0 Å². The molecule has 1 fully saturated rings. The van der Waals surface area contributed by atoms with E-state index in [1.54, 1.807) is 32.3 Å². The van der Waals surface area contributed by atoms with Gasteiger partial charge in [-0.2, -0.15) is 0 Å². The third-order valence-electron chi connectivity index (χ3n) is 7.16. The predicted molar refractivity (Wildman–Crippen MR) is 169 cm³/mol. The molecule has 1 aliphatic rings. The SMILES string of the molecule is Cc1cc(C)c(N2CCN(c3c(C)cc(C)cc3C)[C]2=[Ru]=[CH]c2cc(S(=O)(=O)N(C)C)ccc2OC(C)C)c(C)c1. The van der Waals surface area contributed by atoms with Crippen molar-refractivity contribution in [2.45, 2.75) is 66.4 Å². The summed E-state index contributed by atoms with van der Waals surface area (Å²) in [4.78, 5) is 5.24. The first-order valence-corrected chi connectivity index (χ1v) is 17.3. The summed E-state index contributed by atoms with van der Waals surface area (Å²) in [6.45, 7) is 18.8. The van der Waals surface area contributed by atoms with E-state index in [1.807, 2.05) is 13.8 Å². The van der Waals surface area contributed by atoms with Crippen molar-refractivity contribution in [3.05, 3.63) is 81.4 Å². The average Bonchev–Trinajstić information content (AvgIpc) is 3.24. The van der Waals surface area contributed by atoms with Gasteiger partial charge in [0.2, 0.25) is 0 Å². The summed E-state index contributed by atoms with van der Waals surface area (Å²) in [5, 5.41) is 0. The number of ether oxygens (including phenoxy) is 1. The van der Waals surface area contributed by atoms with Gasteiger partial charge in [0.05, 0.1) is 0 Å². The average molecular weight is 663 g/mol. The van der Waals surface area contributed by atoms with E-state index in [1.165, 1.54) is 53.4 Å². The van der Waals surface area contributed by atoms with Crippen LogP contribution in [0.5, 0.6) is 5.75 Å². The third kappa shape index (κ3) is 6.55. The second kappa shape index (κ2) is 12.3. The molecular formula is C33H43N3O3RuS. The normalized spacial score (nSPS) is 14.0. The molecule has 6 nitrogen and oxygen atoms in total. The molecule has 0 radical (unpaired) electrons. The van der Waals surface area contributed by atoms with Crippen molar-refractivity contribution in [3.63, 3.8) is 0 Å². The van der Waals surface area contributed by atoms with Crippen LogP contribution in [-0.4, -0.2) is 55.0 Å². The molecule has 0 bridgehead atoms. The Kier molecular flexibility index (Phi) is 9.37. The van der Waals surface area contributed by atoms with Gasteiger partial charge in [0.1, 0.15) is 0 Å². The van der Waals surface area contributed by atoms with Crippen LogP contribution in [0, 0.1) is 41.5 Å². The molecule has 0 N–H and O–H groups in total. The number of benzene rings is 3. The van der Waals surface area contributed by atoms with E-state index in [0.717, 1.165) is 18.7 Å². The Bertz CT molecular complexity index is 1540. The van der Waals surface area contributed by atoms with Crippen LogP contribution in [0.2, 0.25) is 0 Å². The van der Waals surface area contributed by atoms with Crippen LogP contribution < -0.4 is 14.5 Å². The van der Waals surface area contributed by atoms with Gasteiger partial charge in [-0.25, -0.2) is 0 Å². The van der Waals surface area contributed by atoms with Crippen LogP contribution in [0.25, 0.3) is 0 Å². The summed E-state index contributed by atoms with van der Waals surface area (Å²) in [6, 6.07) is 14.2. The second-order valence-corrected chi connectivity index (χ2v) is 15.3. The Labute approximate surface area is 253 Å². The van der Waals surface area contributed by atoms with Gasteiger partial charge in [-0.3, -0.25) is 0 Å². The molecule has 1 aliphatic heterocycles. The Balaban J connectivity index is 1.98. The summed E-state index contributed by atoms with van der Waals surface area (Å²) in [5.41, 5.74) is 10.9. The molecule has 0 atom stereocenters. The number of sulfonamides is 1. The Morgan fingerprint density at radius 2 is 1.27 bits per heavy atom. The van der Waals surface area contributed by atoms with Gasteiger partial charge in [0.25, 0.3) is 0 Å². The summed E-state index contributed by atoms with van der Waals surface area (Å²) in [6.07, 6.45) is -0.0305. The fraction of sp³-hybridized carbons (Fsp3) is 0.394. The third-order valence-corrected chi connectivity index (χ3v) is 11.2. The molecule has 41 heavy (non-hydrogen) atoms. The van der Waals surface area contributed by atoms with Gasteiger partial charge in [-0.1, -0.05) is 0 Å². The molecule has 8 heteroatoms. The molecular weight excluding hydrogens is 620 g/mol. The van der Waals surface area contributed by atoms with E-state index >= 15 is 0 Å². The van der Waals surface area contributed by atoms with Gasteiger partial charge in [-0.15, -0.1) is 0 Å². The molecule has 3 aromatic carbocycles. The molecule has 4 rings (SSSR count). The first-order chi connectivity index (χ1) is 19.2. The Hall–Kier alpha value is -2.67. The number of aryl methyl sites for hydroxylation is 6. The molecule has 1 saturated heterocycles. The van der Waals surface area contributed by atoms with Crippen molar-refractivity contribution in [1.29, 1.82) is 0 Å². The van der Waals surface area contributed by atoms with Crippen LogP contribution in [0.1, 0.15) is 52.8 Å². The van der Waals surface area contributed by atoms with Crippen LogP contribution in [0.3, 0.4) is 0 Å². The van der Waals surface area contributed by atoms with E-state index in [9.17, 15) is 8.42 Å². The molecule has 3 aromatic rings.